The van der Waals surface area contributed by atoms with Crippen molar-refractivity contribution in [2.45, 2.75) is 39.2 Å². The third-order valence-electron chi connectivity index (χ3n) is 3.95. The average molecular weight is 299 g/mol. The van der Waals surface area contributed by atoms with Crippen LogP contribution in [0, 0.1) is 0 Å². The Bertz CT molecular complexity index is 589. The van der Waals surface area contributed by atoms with Crippen molar-refractivity contribution < 1.29 is 9.47 Å². The molecule has 3 heteroatoms. The molecule has 0 saturated carbocycles. The number of methoxy groups -OCH3 is 1. The normalized spacial score (nSPS) is 10.9. The summed E-state index contributed by atoms with van der Waals surface area (Å²) in [4.78, 5) is 0. The molecule has 0 unspecified atom stereocenters. The molecule has 0 aliphatic rings. The van der Waals surface area contributed by atoms with Crippen LogP contribution in [0.1, 0.15) is 43.7 Å². The van der Waals surface area contributed by atoms with Crippen molar-refractivity contribution in [2.75, 3.05) is 12.8 Å². The Hall–Kier alpha value is -2.00. The lowest BCUT2D eigenvalue weighted by Crippen LogP contribution is -1.97. The number of rotatable bonds is 7. The van der Waals surface area contributed by atoms with Gasteiger partial charge in [-0.25, -0.2) is 0 Å². The molecule has 0 aromatic heterocycles. The summed E-state index contributed by atoms with van der Waals surface area (Å²) in [5, 5.41) is 0. The van der Waals surface area contributed by atoms with E-state index in [1.807, 2.05) is 30.3 Å². The highest BCUT2D eigenvalue weighted by atomic mass is 16.5. The lowest BCUT2D eigenvalue weighted by atomic mass is 9.94. The molecule has 0 aliphatic carbocycles. The first-order valence-corrected chi connectivity index (χ1v) is 7.83. The molecule has 0 amide bonds. The van der Waals surface area contributed by atoms with Gasteiger partial charge in [-0.05, 0) is 54.7 Å². The number of hydrogen-bond acceptors (Lipinski definition) is 3. The molecule has 2 rings (SSSR count). The number of anilines is 1. The smallest absolute Gasteiger partial charge is 0.133 e. The van der Waals surface area contributed by atoms with E-state index in [1.54, 1.807) is 7.11 Å². The van der Waals surface area contributed by atoms with E-state index < -0.39 is 0 Å². The summed E-state index contributed by atoms with van der Waals surface area (Å²) in [6.45, 7) is 4.93. The van der Waals surface area contributed by atoms with Gasteiger partial charge < -0.3 is 15.2 Å². The zero-order valence-corrected chi connectivity index (χ0v) is 13.6. The van der Waals surface area contributed by atoms with E-state index in [2.05, 4.69) is 26.0 Å². The van der Waals surface area contributed by atoms with Crippen LogP contribution in [0.4, 0.5) is 5.69 Å². The van der Waals surface area contributed by atoms with Gasteiger partial charge in [-0.1, -0.05) is 26.0 Å². The SMILES string of the molecule is CCC(CC)c1ccc(Oc2ccc(N)cc2COC)cc1. The molecule has 3 nitrogen and oxygen atoms in total. The van der Waals surface area contributed by atoms with Gasteiger partial charge >= 0.3 is 0 Å². The number of ether oxygens (including phenoxy) is 2. The van der Waals surface area contributed by atoms with Gasteiger partial charge in [-0.15, -0.1) is 0 Å². The van der Waals surface area contributed by atoms with Crippen molar-refractivity contribution in [3.05, 3.63) is 53.6 Å². The number of nitrogen functional groups attached to an aromatic ring is 1. The Balaban J connectivity index is 2.17. The maximum Gasteiger partial charge on any atom is 0.133 e. The van der Waals surface area contributed by atoms with Gasteiger partial charge in [0.2, 0.25) is 0 Å². The topological polar surface area (TPSA) is 44.5 Å². The molecule has 0 saturated heterocycles. The molecular formula is C19H25NO2. The summed E-state index contributed by atoms with van der Waals surface area (Å²) in [7, 11) is 1.66. The summed E-state index contributed by atoms with van der Waals surface area (Å²) in [6.07, 6.45) is 2.32. The van der Waals surface area contributed by atoms with Gasteiger partial charge in [-0.3, -0.25) is 0 Å². The van der Waals surface area contributed by atoms with Gasteiger partial charge in [0.15, 0.2) is 0 Å². The van der Waals surface area contributed by atoms with Crippen LogP contribution in [0.3, 0.4) is 0 Å². The summed E-state index contributed by atoms with van der Waals surface area (Å²) >= 11 is 0. The van der Waals surface area contributed by atoms with Crippen molar-refractivity contribution in [3.63, 3.8) is 0 Å². The van der Waals surface area contributed by atoms with Crippen LogP contribution < -0.4 is 10.5 Å². The van der Waals surface area contributed by atoms with Gasteiger partial charge in [-0.2, -0.15) is 0 Å². The van der Waals surface area contributed by atoms with E-state index in [9.17, 15) is 0 Å². The minimum absolute atomic E-state index is 0.478. The number of nitrogens with two attached hydrogens (primary N) is 1. The Morgan fingerprint density at radius 1 is 1.00 bits per heavy atom. The van der Waals surface area contributed by atoms with Gasteiger partial charge in [0, 0.05) is 18.4 Å². The fraction of sp³-hybridized carbons (Fsp3) is 0.368. The second kappa shape index (κ2) is 7.85. The molecule has 0 fully saturated rings. The molecule has 2 aromatic rings. The quantitative estimate of drug-likeness (QED) is 0.722. The van der Waals surface area contributed by atoms with Crippen LogP contribution in [0.25, 0.3) is 0 Å². The molecule has 118 valence electrons. The van der Waals surface area contributed by atoms with E-state index in [1.165, 1.54) is 5.56 Å². The molecule has 2 N–H and O–H groups in total. The molecule has 0 spiro atoms. The highest BCUT2D eigenvalue weighted by Crippen LogP contribution is 2.30. The van der Waals surface area contributed by atoms with Crippen LogP contribution in [-0.2, 0) is 11.3 Å². The van der Waals surface area contributed by atoms with E-state index in [-0.39, 0.29) is 0 Å². The third kappa shape index (κ3) is 4.01. The summed E-state index contributed by atoms with van der Waals surface area (Å²) < 4.78 is 11.2. The van der Waals surface area contributed by atoms with Gasteiger partial charge in [0.05, 0.1) is 6.61 Å². The molecule has 0 heterocycles. The summed E-state index contributed by atoms with van der Waals surface area (Å²) in [5.74, 6) is 2.23. The molecule has 0 atom stereocenters. The van der Waals surface area contributed by atoms with E-state index in [4.69, 9.17) is 15.2 Å². The van der Waals surface area contributed by atoms with Crippen LogP contribution in [0.2, 0.25) is 0 Å². The molecule has 0 radical (unpaired) electrons. The summed E-state index contributed by atoms with van der Waals surface area (Å²) in [6, 6.07) is 14.0. The first-order valence-electron chi connectivity index (χ1n) is 7.83. The highest BCUT2D eigenvalue weighted by molar-refractivity contribution is 5.49. The molecular weight excluding hydrogens is 274 g/mol. The monoisotopic (exact) mass is 299 g/mol. The standard InChI is InChI=1S/C19H25NO2/c1-4-14(5-2)15-6-9-18(10-7-15)22-19-11-8-17(20)12-16(19)13-21-3/h6-12,14H,4-5,13,20H2,1-3H3. The van der Waals surface area contributed by atoms with E-state index in [0.717, 1.165) is 29.9 Å². The predicted molar refractivity (Wildman–Crippen MR) is 91.4 cm³/mol. The first-order chi connectivity index (χ1) is 10.7. The number of benzene rings is 2. The first kappa shape index (κ1) is 16.4. The highest BCUT2D eigenvalue weighted by Gasteiger charge is 2.09. The lowest BCUT2D eigenvalue weighted by Gasteiger charge is -2.15. The van der Waals surface area contributed by atoms with Gasteiger partial charge in [0.1, 0.15) is 11.5 Å². The Morgan fingerprint density at radius 3 is 2.27 bits per heavy atom. The van der Waals surface area contributed by atoms with Crippen LogP contribution in [0.15, 0.2) is 42.5 Å². The van der Waals surface area contributed by atoms with Gasteiger partial charge in [0.25, 0.3) is 0 Å². The molecule has 0 bridgehead atoms. The largest absolute Gasteiger partial charge is 0.457 e. The van der Waals surface area contributed by atoms with E-state index in [0.29, 0.717) is 18.2 Å². The fourth-order valence-electron chi connectivity index (χ4n) is 2.66. The third-order valence-corrected chi connectivity index (χ3v) is 3.95. The molecule has 2 aromatic carbocycles. The molecule has 0 aliphatic heterocycles. The maximum absolute atomic E-state index is 5.98. The van der Waals surface area contributed by atoms with Crippen molar-refractivity contribution in [1.29, 1.82) is 0 Å². The van der Waals surface area contributed by atoms with Crippen LogP contribution >= 0.6 is 0 Å². The Kier molecular flexibility index (Phi) is 5.84. The minimum Gasteiger partial charge on any atom is -0.457 e. The zero-order chi connectivity index (χ0) is 15.9. The fourth-order valence-corrected chi connectivity index (χ4v) is 2.66. The Labute approximate surface area is 133 Å². The number of hydrogen-bond donors (Lipinski definition) is 1. The Morgan fingerprint density at radius 2 is 1.68 bits per heavy atom. The van der Waals surface area contributed by atoms with Crippen molar-refractivity contribution >= 4 is 5.69 Å². The summed E-state index contributed by atoms with van der Waals surface area (Å²) in [5.41, 5.74) is 8.85. The van der Waals surface area contributed by atoms with Crippen molar-refractivity contribution in [3.8, 4) is 11.5 Å². The lowest BCUT2D eigenvalue weighted by molar-refractivity contribution is 0.182. The van der Waals surface area contributed by atoms with Crippen molar-refractivity contribution in [2.24, 2.45) is 0 Å². The zero-order valence-electron chi connectivity index (χ0n) is 13.6. The molecule has 22 heavy (non-hydrogen) atoms. The average Bonchev–Trinajstić information content (AvgIpc) is 2.53. The second-order valence-electron chi connectivity index (χ2n) is 5.48. The van der Waals surface area contributed by atoms with Crippen LogP contribution in [0.5, 0.6) is 11.5 Å². The predicted octanol–water partition coefficient (Wildman–Crippen LogP) is 5.11. The maximum atomic E-state index is 5.98. The van der Waals surface area contributed by atoms with Crippen LogP contribution in [-0.4, -0.2) is 7.11 Å². The van der Waals surface area contributed by atoms with Crippen molar-refractivity contribution in [1.82, 2.24) is 0 Å². The second-order valence-corrected chi connectivity index (χ2v) is 5.48. The minimum atomic E-state index is 0.478. The van der Waals surface area contributed by atoms with E-state index >= 15 is 0 Å².